The normalized spacial score (nSPS) is 10.8. The summed E-state index contributed by atoms with van der Waals surface area (Å²) >= 11 is 1.29. The zero-order chi connectivity index (χ0) is 22.9. The van der Waals surface area contributed by atoms with E-state index in [1.54, 1.807) is 18.4 Å². The van der Waals surface area contributed by atoms with Gasteiger partial charge in [-0.1, -0.05) is 42.5 Å². The second-order valence-electron chi connectivity index (χ2n) is 7.63. The Labute approximate surface area is 196 Å². The number of halogens is 1. The molecule has 0 atom stereocenters. The number of amides is 1. The van der Waals surface area contributed by atoms with E-state index in [0.717, 1.165) is 22.9 Å². The number of hydrogen-bond acceptors (Lipinski definition) is 6. The average molecular weight is 465 g/mol. The maximum absolute atomic E-state index is 13.2. The van der Waals surface area contributed by atoms with E-state index in [0.29, 0.717) is 38.3 Å². The molecule has 0 bridgehead atoms. The van der Waals surface area contributed by atoms with Crippen LogP contribution in [0.1, 0.15) is 29.1 Å². The van der Waals surface area contributed by atoms with Gasteiger partial charge in [-0.05, 0) is 41.8 Å². The van der Waals surface area contributed by atoms with Crippen LogP contribution in [0.4, 0.5) is 9.52 Å². The standard InChI is InChI=1S/C25H25FN4O2S/c26-21-10-8-20(9-11-21)17-23-28-25(33-29-23)30(18-22-7-4-16-32-22)15-13-24(31)27-14-12-19-5-2-1-3-6-19/h1-11,16H,12-15,17-18H2,(H,27,31). The highest BCUT2D eigenvalue weighted by Crippen LogP contribution is 2.22. The third kappa shape index (κ3) is 6.98. The highest BCUT2D eigenvalue weighted by atomic mass is 32.1. The number of aromatic nitrogens is 2. The minimum absolute atomic E-state index is 0.00794. The summed E-state index contributed by atoms with van der Waals surface area (Å²) in [7, 11) is 0. The van der Waals surface area contributed by atoms with E-state index in [9.17, 15) is 9.18 Å². The second-order valence-corrected chi connectivity index (χ2v) is 8.36. The van der Waals surface area contributed by atoms with Crippen LogP contribution in [0, 0.1) is 5.82 Å². The molecule has 8 heteroatoms. The largest absolute Gasteiger partial charge is 0.467 e. The zero-order valence-corrected chi connectivity index (χ0v) is 18.9. The fraction of sp³-hybridized carbons (Fsp3) is 0.240. The van der Waals surface area contributed by atoms with Gasteiger partial charge in [-0.2, -0.15) is 4.37 Å². The van der Waals surface area contributed by atoms with Gasteiger partial charge in [-0.25, -0.2) is 9.37 Å². The first kappa shape index (κ1) is 22.7. The van der Waals surface area contributed by atoms with E-state index in [2.05, 4.69) is 26.8 Å². The quantitative estimate of drug-likeness (QED) is 0.351. The number of carbonyl (C=O) groups excluding carboxylic acids is 1. The van der Waals surface area contributed by atoms with Crippen molar-refractivity contribution in [2.45, 2.75) is 25.8 Å². The van der Waals surface area contributed by atoms with Crippen molar-refractivity contribution >= 4 is 22.6 Å². The summed E-state index contributed by atoms with van der Waals surface area (Å²) in [5.41, 5.74) is 2.14. The Morgan fingerprint density at radius 1 is 1.03 bits per heavy atom. The monoisotopic (exact) mass is 464 g/mol. The van der Waals surface area contributed by atoms with Gasteiger partial charge in [0.1, 0.15) is 17.4 Å². The molecule has 4 aromatic rings. The molecule has 1 amide bonds. The summed E-state index contributed by atoms with van der Waals surface area (Å²) < 4.78 is 23.1. The van der Waals surface area contributed by atoms with Crippen LogP contribution in [0.5, 0.6) is 0 Å². The molecule has 0 aliphatic carbocycles. The van der Waals surface area contributed by atoms with Crippen LogP contribution in [0.25, 0.3) is 0 Å². The van der Waals surface area contributed by atoms with Gasteiger partial charge in [-0.15, -0.1) is 0 Å². The maximum Gasteiger partial charge on any atom is 0.221 e. The Bertz CT molecular complexity index is 1130. The van der Waals surface area contributed by atoms with Crippen molar-refractivity contribution in [3.63, 3.8) is 0 Å². The van der Waals surface area contributed by atoms with E-state index < -0.39 is 0 Å². The first-order valence-corrected chi connectivity index (χ1v) is 11.6. The Morgan fingerprint density at radius 3 is 2.61 bits per heavy atom. The van der Waals surface area contributed by atoms with Gasteiger partial charge in [0.05, 0.1) is 12.8 Å². The van der Waals surface area contributed by atoms with Crippen LogP contribution < -0.4 is 10.2 Å². The topological polar surface area (TPSA) is 71.3 Å². The molecule has 6 nitrogen and oxygen atoms in total. The van der Waals surface area contributed by atoms with Crippen molar-refractivity contribution in [3.8, 4) is 0 Å². The summed E-state index contributed by atoms with van der Waals surface area (Å²) in [6.45, 7) is 1.58. The first-order chi connectivity index (χ1) is 16.2. The molecule has 0 aliphatic heterocycles. The Morgan fingerprint density at radius 2 is 1.85 bits per heavy atom. The van der Waals surface area contributed by atoms with Gasteiger partial charge >= 0.3 is 0 Å². The van der Waals surface area contributed by atoms with E-state index in [1.807, 2.05) is 35.2 Å². The molecule has 0 radical (unpaired) electrons. The van der Waals surface area contributed by atoms with Gasteiger partial charge in [0, 0.05) is 37.5 Å². The van der Waals surface area contributed by atoms with Gasteiger partial charge in [0.25, 0.3) is 0 Å². The molecule has 0 unspecified atom stereocenters. The van der Waals surface area contributed by atoms with Crippen molar-refractivity contribution in [1.82, 2.24) is 14.7 Å². The van der Waals surface area contributed by atoms with Crippen molar-refractivity contribution in [2.24, 2.45) is 0 Å². The minimum Gasteiger partial charge on any atom is -0.467 e. The molecule has 0 saturated heterocycles. The molecule has 2 heterocycles. The van der Waals surface area contributed by atoms with E-state index >= 15 is 0 Å². The molecule has 4 rings (SSSR count). The van der Waals surface area contributed by atoms with Crippen LogP contribution in [-0.2, 0) is 24.2 Å². The molecule has 0 saturated carbocycles. The fourth-order valence-corrected chi connectivity index (χ4v) is 4.09. The smallest absolute Gasteiger partial charge is 0.221 e. The zero-order valence-electron chi connectivity index (χ0n) is 18.1. The molecular weight excluding hydrogens is 439 g/mol. The van der Waals surface area contributed by atoms with Gasteiger partial charge in [-0.3, -0.25) is 4.79 Å². The van der Waals surface area contributed by atoms with Crippen LogP contribution in [0.15, 0.2) is 77.4 Å². The Hall–Kier alpha value is -3.52. The van der Waals surface area contributed by atoms with Crippen molar-refractivity contribution < 1.29 is 13.6 Å². The molecule has 0 aliphatic rings. The third-order valence-corrected chi connectivity index (χ3v) is 5.93. The van der Waals surface area contributed by atoms with Gasteiger partial charge in [0.2, 0.25) is 11.0 Å². The summed E-state index contributed by atoms with van der Waals surface area (Å²) in [5, 5.41) is 3.71. The summed E-state index contributed by atoms with van der Waals surface area (Å²) in [5.74, 6) is 1.18. The molecule has 170 valence electrons. The van der Waals surface area contributed by atoms with Crippen molar-refractivity contribution in [2.75, 3.05) is 18.0 Å². The Kier molecular flexibility index (Phi) is 7.81. The minimum atomic E-state index is -0.266. The van der Waals surface area contributed by atoms with Crippen LogP contribution in [0.2, 0.25) is 0 Å². The van der Waals surface area contributed by atoms with Crippen molar-refractivity contribution in [3.05, 3.63) is 102 Å². The molecule has 0 fully saturated rings. The number of hydrogen-bond donors (Lipinski definition) is 1. The van der Waals surface area contributed by atoms with Crippen LogP contribution in [-0.4, -0.2) is 28.4 Å². The fourth-order valence-electron chi connectivity index (χ4n) is 3.38. The first-order valence-electron chi connectivity index (χ1n) is 10.8. The highest BCUT2D eigenvalue weighted by Gasteiger charge is 2.16. The molecule has 1 N–H and O–H groups in total. The van der Waals surface area contributed by atoms with E-state index in [-0.39, 0.29) is 11.7 Å². The molecule has 2 aromatic carbocycles. The number of benzene rings is 2. The molecule has 2 aromatic heterocycles. The predicted octanol–water partition coefficient (Wildman–Crippen LogP) is 4.62. The van der Waals surface area contributed by atoms with Crippen molar-refractivity contribution in [1.29, 1.82) is 0 Å². The van der Waals surface area contributed by atoms with E-state index in [1.165, 1.54) is 29.2 Å². The Balaban J connectivity index is 1.34. The molecular formula is C25H25FN4O2S. The maximum atomic E-state index is 13.2. The van der Waals surface area contributed by atoms with Gasteiger partial charge < -0.3 is 14.6 Å². The third-order valence-electron chi connectivity index (χ3n) is 5.12. The van der Waals surface area contributed by atoms with Gasteiger partial charge in [0.15, 0.2) is 0 Å². The highest BCUT2D eigenvalue weighted by molar-refractivity contribution is 7.09. The number of rotatable bonds is 11. The molecule has 0 spiro atoms. The molecule has 33 heavy (non-hydrogen) atoms. The SMILES string of the molecule is O=C(CCN(Cc1ccco1)c1nc(Cc2ccc(F)cc2)ns1)NCCc1ccccc1. The number of anilines is 1. The second kappa shape index (κ2) is 11.4. The summed E-state index contributed by atoms with van der Waals surface area (Å²) in [4.78, 5) is 19.1. The predicted molar refractivity (Wildman–Crippen MR) is 127 cm³/mol. The van der Waals surface area contributed by atoms with Crippen LogP contribution in [0.3, 0.4) is 0 Å². The number of nitrogens with zero attached hydrogens (tertiary/aromatic N) is 3. The number of carbonyl (C=O) groups is 1. The lowest BCUT2D eigenvalue weighted by molar-refractivity contribution is -0.120. The average Bonchev–Trinajstić information content (AvgIpc) is 3.51. The summed E-state index contributed by atoms with van der Waals surface area (Å²) in [6, 6.07) is 20.1. The number of furan rings is 1. The van der Waals surface area contributed by atoms with Crippen LogP contribution >= 0.6 is 11.5 Å². The number of nitrogens with one attached hydrogen (secondary N) is 1. The summed E-state index contributed by atoms with van der Waals surface area (Å²) in [6.07, 6.45) is 3.28. The lowest BCUT2D eigenvalue weighted by Crippen LogP contribution is -2.31. The lowest BCUT2D eigenvalue weighted by atomic mass is 10.1. The van der Waals surface area contributed by atoms with E-state index in [4.69, 9.17) is 4.42 Å². The lowest BCUT2D eigenvalue weighted by Gasteiger charge is -2.20.